The predicted molar refractivity (Wildman–Crippen MR) is 68.9 cm³/mol. The smallest absolute Gasteiger partial charge is 0.00539 e. The van der Waals surface area contributed by atoms with E-state index in [1.165, 1.54) is 0 Å². The molecule has 0 aromatic heterocycles. The quantitative estimate of drug-likeness (QED) is 0.571. The molecule has 1 atom stereocenters. The second-order valence-electron chi connectivity index (χ2n) is 5.21. The van der Waals surface area contributed by atoms with Crippen LogP contribution in [0, 0.1) is 0 Å². The summed E-state index contributed by atoms with van der Waals surface area (Å²) < 4.78 is 0. The van der Waals surface area contributed by atoms with Crippen molar-refractivity contribution in [1.82, 2.24) is 4.90 Å². The molecule has 99 valence electrons. The fourth-order valence-electron chi connectivity index (χ4n) is 1.01. The van der Waals surface area contributed by atoms with Crippen molar-refractivity contribution >= 4 is 5.84 Å². The molecule has 1 radical (unpaired) electrons. The molecule has 0 rings (SSSR count). The zero-order chi connectivity index (χ0) is 12.1. The summed E-state index contributed by atoms with van der Waals surface area (Å²) in [5.41, 5.74) is -0.0177. The molecule has 16 heavy (non-hydrogen) atoms. The monoisotopic (exact) mass is 271 g/mol. The molecule has 0 fully saturated rings. The van der Waals surface area contributed by atoms with Crippen molar-refractivity contribution in [1.29, 1.82) is 0 Å². The van der Waals surface area contributed by atoms with Crippen LogP contribution in [0.5, 0.6) is 0 Å². The molecule has 0 bridgehead atoms. The van der Waals surface area contributed by atoms with Gasteiger partial charge in [0.15, 0.2) is 0 Å². The Bertz CT molecular complexity index is 207. The Morgan fingerprint density at radius 1 is 1.31 bits per heavy atom. The summed E-state index contributed by atoms with van der Waals surface area (Å²) in [6.45, 7) is 11.4. The van der Waals surface area contributed by atoms with Gasteiger partial charge in [0.2, 0.25) is 0 Å². The number of aliphatic imine (C=N–C) groups is 1. The zero-order valence-corrected chi connectivity index (χ0v) is 12.7. The fraction of sp³-hybridized carbons (Fsp3) is 0.917. The molecule has 0 heterocycles. The number of hydrogen-bond acceptors (Lipinski definition) is 2. The first-order chi connectivity index (χ1) is 6.76. The van der Waals surface area contributed by atoms with E-state index in [0.717, 1.165) is 18.8 Å². The summed E-state index contributed by atoms with van der Waals surface area (Å²) in [6.07, 6.45) is 0.914. The Morgan fingerprint density at radius 2 is 1.81 bits per heavy atom. The first-order valence-electron chi connectivity index (χ1n) is 5.69. The molecule has 4 heteroatoms. The van der Waals surface area contributed by atoms with E-state index >= 15 is 0 Å². The average molecular weight is 271 g/mol. The van der Waals surface area contributed by atoms with E-state index in [2.05, 4.69) is 63.9 Å². The van der Waals surface area contributed by atoms with Crippen molar-refractivity contribution in [2.24, 2.45) is 4.99 Å². The summed E-state index contributed by atoms with van der Waals surface area (Å²) in [7, 11) is 4.15. The molecule has 0 aliphatic carbocycles. The van der Waals surface area contributed by atoms with Crippen LogP contribution in [0.1, 0.15) is 41.0 Å². The Hall–Kier alpha value is -0.0635. The molecular weight excluding hydrogens is 245 g/mol. The molecule has 0 spiro atoms. The van der Waals surface area contributed by atoms with E-state index < -0.39 is 0 Å². The van der Waals surface area contributed by atoms with Crippen LogP contribution < -0.4 is 0 Å². The number of rotatable bonds is 4. The van der Waals surface area contributed by atoms with Crippen LogP contribution in [0.15, 0.2) is 4.99 Å². The average Bonchev–Trinajstić information content (AvgIpc) is 2.09. The molecule has 0 aliphatic heterocycles. The van der Waals surface area contributed by atoms with Gasteiger partial charge in [0.25, 0.3) is 0 Å². The van der Waals surface area contributed by atoms with Gasteiger partial charge in [-0.3, -0.25) is 0 Å². The van der Waals surface area contributed by atoms with Gasteiger partial charge in [0.05, 0.1) is 0 Å². The van der Waals surface area contributed by atoms with Crippen molar-refractivity contribution in [2.75, 3.05) is 20.6 Å². The molecule has 0 aromatic rings. The van der Waals surface area contributed by atoms with Gasteiger partial charge in [-0.25, -0.2) is 0 Å². The van der Waals surface area contributed by atoms with Crippen molar-refractivity contribution in [3.63, 3.8) is 0 Å². The maximum atomic E-state index is 4.59. The normalized spacial score (nSPS) is 14.6. The Morgan fingerprint density at radius 3 is 2.12 bits per heavy atom. The SMILES string of the molecule is CCC(=NC(C)(C)C)[N-]CC(C)N(C)C.[Co]. The van der Waals surface area contributed by atoms with E-state index in [0.29, 0.717) is 6.04 Å². The van der Waals surface area contributed by atoms with Crippen LogP contribution >= 0.6 is 0 Å². The van der Waals surface area contributed by atoms with Crippen LogP contribution in [0.25, 0.3) is 5.32 Å². The number of likely N-dealkylation sites (N-methyl/N-ethyl adjacent to an activating group) is 1. The first kappa shape index (κ1) is 18.3. The van der Waals surface area contributed by atoms with Crippen molar-refractivity contribution in [3.8, 4) is 0 Å². The third-order valence-electron chi connectivity index (χ3n) is 2.20. The molecule has 0 aliphatic rings. The van der Waals surface area contributed by atoms with E-state index in [4.69, 9.17) is 0 Å². The molecule has 3 nitrogen and oxygen atoms in total. The van der Waals surface area contributed by atoms with Gasteiger partial charge in [0, 0.05) is 22.8 Å². The van der Waals surface area contributed by atoms with Crippen molar-refractivity contribution in [2.45, 2.75) is 52.6 Å². The van der Waals surface area contributed by atoms with Crippen LogP contribution in [0.3, 0.4) is 0 Å². The Balaban J connectivity index is 0. The van der Waals surface area contributed by atoms with Gasteiger partial charge in [-0.1, -0.05) is 33.5 Å². The summed E-state index contributed by atoms with van der Waals surface area (Å²) in [5, 5.41) is 4.56. The van der Waals surface area contributed by atoms with Crippen LogP contribution in [-0.4, -0.2) is 43.0 Å². The molecule has 1 unspecified atom stereocenters. The van der Waals surface area contributed by atoms with Crippen molar-refractivity contribution < 1.29 is 16.8 Å². The van der Waals surface area contributed by atoms with Gasteiger partial charge in [-0.15, -0.1) is 0 Å². The van der Waals surface area contributed by atoms with Gasteiger partial charge >= 0.3 is 0 Å². The van der Waals surface area contributed by atoms with Crippen LogP contribution in [-0.2, 0) is 16.8 Å². The van der Waals surface area contributed by atoms with E-state index in [9.17, 15) is 0 Å². The minimum absolute atomic E-state index is 0. The summed E-state index contributed by atoms with van der Waals surface area (Å²) in [6, 6.07) is 0.474. The van der Waals surface area contributed by atoms with Crippen molar-refractivity contribution in [3.05, 3.63) is 5.32 Å². The topological polar surface area (TPSA) is 29.7 Å². The fourth-order valence-corrected chi connectivity index (χ4v) is 1.01. The maximum absolute atomic E-state index is 4.59. The number of hydrogen-bond donors (Lipinski definition) is 0. The number of nitrogens with zero attached hydrogens (tertiary/aromatic N) is 3. The van der Waals surface area contributed by atoms with E-state index in [1.54, 1.807) is 0 Å². The number of amidine groups is 1. The molecular formula is C12H26CoN3-. The summed E-state index contributed by atoms with van der Waals surface area (Å²) in [5.74, 6) is 0.983. The largest absolute Gasteiger partial charge is 0.468 e. The predicted octanol–water partition coefficient (Wildman–Crippen LogP) is 2.91. The maximum Gasteiger partial charge on any atom is 0.00539 e. The standard InChI is InChI=1S/C12H26N3.Co/c1-8-11(14-12(3,4)5)13-9-10(2)15(6)7;/h10H,8-9H2,1-7H3;/q-1;. The third kappa shape index (κ3) is 9.18. The van der Waals surface area contributed by atoms with Gasteiger partial charge in [0.1, 0.15) is 0 Å². The van der Waals surface area contributed by atoms with Gasteiger partial charge in [-0.05, 0) is 39.5 Å². The second-order valence-corrected chi connectivity index (χ2v) is 5.21. The third-order valence-corrected chi connectivity index (χ3v) is 2.20. The second kappa shape index (κ2) is 8.09. The van der Waals surface area contributed by atoms with Crippen LogP contribution in [0.4, 0.5) is 0 Å². The summed E-state index contributed by atoms with van der Waals surface area (Å²) in [4.78, 5) is 6.76. The van der Waals surface area contributed by atoms with Crippen LogP contribution in [0.2, 0.25) is 0 Å². The molecule has 0 saturated carbocycles. The Kier molecular flexibility index (Phi) is 9.26. The Labute approximate surface area is 111 Å². The van der Waals surface area contributed by atoms with Gasteiger partial charge in [-0.2, -0.15) is 0 Å². The molecule has 0 saturated heterocycles. The minimum atomic E-state index is -0.0177. The molecule has 0 aromatic carbocycles. The zero-order valence-electron chi connectivity index (χ0n) is 11.7. The van der Waals surface area contributed by atoms with E-state index in [1.807, 2.05) is 0 Å². The first-order valence-corrected chi connectivity index (χ1v) is 5.69. The van der Waals surface area contributed by atoms with E-state index in [-0.39, 0.29) is 22.3 Å². The molecule has 0 amide bonds. The van der Waals surface area contributed by atoms with Gasteiger partial charge < -0.3 is 15.2 Å². The molecule has 0 N–H and O–H groups in total. The minimum Gasteiger partial charge on any atom is -0.468 e. The summed E-state index contributed by atoms with van der Waals surface area (Å²) >= 11 is 0.